The van der Waals surface area contributed by atoms with Crippen molar-refractivity contribution in [1.82, 2.24) is 14.7 Å². The lowest BCUT2D eigenvalue weighted by Crippen LogP contribution is -2.51. The molecule has 1 rings (SSSR count). The number of hydrogen-bond acceptors (Lipinski definition) is 9. The highest BCUT2D eigenvalue weighted by atomic mass is 16.4. The molecule has 1 aromatic rings. The monoisotopic (exact) mass is 596 g/mol. The molecule has 0 heterocycles. The molecule has 0 bridgehead atoms. The summed E-state index contributed by atoms with van der Waals surface area (Å²) in [5.41, 5.74) is 1.22. The van der Waals surface area contributed by atoms with Crippen molar-refractivity contribution >= 4 is 41.4 Å². The summed E-state index contributed by atoms with van der Waals surface area (Å²) in [5.74, 6) is -6.49. The second-order valence-electron chi connectivity index (χ2n) is 9.88. The third-order valence-corrected chi connectivity index (χ3v) is 6.19. The SMILES string of the molecule is CCCCCC(=O)Nc1ccc(CC(CN(CCN(CC(=O)O)CC(=O)O)CC(=O)O)N(CC(=O)O)CC(=O)O)cc1. The molecule has 0 aromatic heterocycles. The average molecular weight is 597 g/mol. The number of carbonyl (C=O) groups excluding carboxylic acids is 1. The number of amides is 1. The summed E-state index contributed by atoms with van der Waals surface area (Å²) >= 11 is 0. The molecule has 0 fully saturated rings. The van der Waals surface area contributed by atoms with Gasteiger partial charge in [-0.15, -0.1) is 0 Å². The molecule has 6 N–H and O–H groups in total. The minimum absolute atomic E-state index is 0.0830. The zero-order chi connectivity index (χ0) is 31.7. The van der Waals surface area contributed by atoms with Crippen LogP contribution in [0.5, 0.6) is 0 Å². The fourth-order valence-corrected chi connectivity index (χ4v) is 4.33. The third-order valence-electron chi connectivity index (χ3n) is 6.19. The number of carboxylic acids is 5. The van der Waals surface area contributed by atoms with E-state index in [0.29, 0.717) is 17.7 Å². The van der Waals surface area contributed by atoms with Crippen molar-refractivity contribution in [3.63, 3.8) is 0 Å². The predicted octanol–water partition coefficient (Wildman–Crippen LogP) is 0.446. The maximum Gasteiger partial charge on any atom is 0.317 e. The highest BCUT2D eigenvalue weighted by molar-refractivity contribution is 5.90. The predicted molar refractivity (Wildman–Crippen MR) is 149 cm³/mol. The molecule has 0 aliphatic heterocycles. The molecule has 1 aromatic carbocycles. The van der Waals surface area contributed by atoms with E-state index in [9.17, 15) is 44.1 Å². The van der Waals surface area contributed by atoms with Gasteiger partial charge in [0.2, 0.25) is 5.91 Å². The van der Waals surface area contributed by atoms with E-state index in [-0.39, 0.29) is 32.0 Å². The molecule has 15 nitrogen and oxygen atoms in total. The maximum atomic E-state index is 12.1. The van der Waals surface area contributed by atoms with Crippen molar-refractivity contribution in [1.29, 1.82) is 0 Å². The van der Waals surface area contributed by atoms with Crippen LogP contribution >= 0.6 is 0 Å². The molecule has 1 atom stereocenters. The Labute approximate surface area is 243 Å². The van der Waals surface area contributed by atoms with Gasteiger partial charge in [-0.05, 0) is 30.5 Å². The van der Waals surface area contributed by atoms with E-state index in [1.165, 1.54) is 9.80 Å². The van der Waals surface area contributed by atoms with Gasteiger partial charge in [0.15, 0.2) is 0 Å². The largest absolute Gasteiger partial charge is 0.480 e. The quantitative estimate of drug-likeness (QED) is 0.0943. The van der Waals surface area contributed by atoms with Gasteiger partial charge in [-0.2, -0.15) is 0 Å². The zero-order valence-corrected chi connectivity index (χ0v) is 23.6. The number of carboxylic acid groups (broad SMARTS) is 5. The molecule has 0 saturated carbocycles. The summed E-state index contributed by atoms with van der Waals surface area (Å²) in [7, 11) is 0. The Hall–Kier alpha value is -4.08. The van der Waals surface area contributed by atoms with Gasteiger partial charge in [0.1, 0.15) is 0 Å². The first kappa shape index (κ1) is 35.9. The number of hydrogen-bond donors (Lipinski definition) is 6. The van der Waals surface area contributed by atoms with Crippen LogP contribution in [0.25, 0.3) is 0 Å². The molecular weight excluding hydrogens is 556 g/mol. The Kier molecular flexibility index (Phi) is 16.4. The summed E-state index contributed by atoms with van der Waals surface area (Å²) in [6.07, 6.45) is 3.19. The Bertz CT molecular complexity index is 1030. The van der Waals surface area contributed by atoms with Gasteiger partial charge in [-0.1, -0.05) is 31.9 Å². The number of anilines is 1. The van der Waals surface area contributed by atoms with Gasteiger partial charge in [0, 0.05) is 37.8 Å². The second kappa shape index (κ2) is 19.1. The smallest absolute Gasteiger partial charge is 0.317 e. The van der Waals surface area contributed by atoms with Gasteiger partial charge in [0.25, 0.3) is 0 Å². The van der Waals surface area contributed by atoms with Crippen molar-refractivity contribution in [2.24, 2.45) is 0 Å². The number of carbonyl (C=O) groups is 6. The average Bonchev–Trinajstić information content (AvgIpc) is 2.86. The van der Waals surface area contributed by atoms with Crippen LogP contribution in [0, 0.1) is 0 Å². The molecule has 42 heavy (non-hydrogen) atoms. The number of aliphatic carboxylic acids is 5. The Balaban J connectivity index is 3.18. The van der Waals surface area contributed by atoms with E-state index >= 15 is 0 Å². The summed E-state index contributed by atoms with van der Waals surface area (Å²) in [6, 6.07) is 5.90. The number of rotatable bonds is 23. The lowest BCUT2D eigenvalue weighted by molar-refractivity contribution is -0.144. The second-order valence-corrected chi connectivity index (χ2v) is 9.88. The topological polar surface area (TPSA) is 225 Å². The normalized spacial score (nSPS) is 11.9. The van der Waals surface area contributed by atoms with Crippen LogP contribution in [-0.4, -0.2) is 134 Å². The van der Waals surface area contributed by atoms with Crippen LogP contribution in [0.15, 0.2) is 24.3 Å². The van der Waals surface area contributed by atoms with Crippen molar-refractivity contribution in [2.75, 3.05) is 57.7 Å². The zero-order valence-electron chi connectivity index (χ0n) is 23.6. The van der Waals surface area contributed by atoms with E-state index < -0.39 is 68.6 Å². The molecule has 15 heteroatoms. The Morgan fingerprint density at radius 3 is 1.64 bits per heavy atom. The molecule has 1 amide bonds. The lowest BCUT2D eigenvalue weighted by Gasteiger charge is -2.34. The fraction of sp³-hybridized carbons (Fsp3) is 0.556. The molecule has 0 aliphatic carbocycles. The first-order chi connectivity index (χ1) is 19.8. The van der Waals surface area contributed by atoms with Gasteiger partial charge in [-0.3, -0.25) is 43.5 Å². The maximum absolute atomic E-state index is 12.1. The molecule has 0 saturated heterocycles. The third kappa shape index (κ3) is 16.2. The van der Waals surface area contributed by atoms with E-state index in [4.69, 9.17) is 10.2 Å². The van der Waals surface area contributed by atoms with Crippen LogP contribution in [0.2, 0.25) is 0 Å². The van der Waals surface area contributed by atoms with Crippen LogP contribution in [0.3, 0.4) is 0 Å². The Morgan fingerprint density at radius 2 is 1.17 bits per heavy atom. The van der Waals surface area contributed by atoms with Gasteiger partial charge >= 0.3 is 29.8 Å². The van der Waals surface area contributed by atoms with Crippen molar-refractivity contribution < 1.29 is 54.3 Å². The van der Waals surface area contributed by atoms with E-state index in [2.05, 4.69) is 5.32 Å². The van der Waals surface area contributed by atoms with Crippen LogP contribution < -0.4 is 5.32 Å². The fourth-order valence-electron chi connectivity index (χ4n) is 4.33. The van der Waals surface area contributed by atoms with Crippen molar-refractivity contribution in [2.45, 2.75) is 45.1 Å². The molecule has 0 radical (unpaired) electrons. The Morgan fingerprint density at radius 1 is 0.690 bits per heavy atom. The van der Waals surface area contributed by atoms with Crippen LogP contribution in [-0.2, 0) is 35.2 Å². The van der Waals surface area contributed by atoms with Crippen LogP contribution in [0.1, 0.15) is 38.2 Å². The highest BCUT2D eigenvalue weighted by Gasteiger charge is 2.27. The first-order valence-corrected chi connectivity index (χ1v) is 13.5. The molecule has 0 spiro atoms. The minimum atomic E-state index is -1.29. The summed E-state index contributed by atoms with van der Waals surface area (Å²) in [6.45, 7) is -1.31. The minimum Gasteiger partial charge on any atom is -0.480 e. The van der Waals surface area contributed by atoms with E-state index in [1.807, 2.05) is 6.92 Å². The lowest BCUT2D eigenvalue weighted by atomic mass is 10.0. The summed E-state index contributed by atoms with van der Waals surface area (Å²) in [4.78, 5) is 72.9. The van der Waals surface area contributed by atoms with Gasteiger partial charge < -0.3 is 30.8 Å². The van der Waals surface area contributed by atoms with Gasteiger partial charge in [0.05, 0.1) is 32.7 Å². The highest BCUT2D eigenvalue weighted by Crippen LogP contribution is 2.16. The van der Waals surface area contributed by atoms with Gasteiger partial charge in [-0.25, -0.2) is 0 Å². The number of benzene rings is 1. The number of nitrogens with one attached hydrogen (secondary N) is 1. The van der Waals surface area contributed by atoms with E-state index in [1.54, 1.807) is 24.3 Å². The van der Waals surface area contributed by atoms with Crippen molar-refractivity contribution in [3.05, 3.63) is 29.8 Å². The molecular formula is C27H40N4O11. The summed E-state index contributed by atoms with van der Waals surface area (Å²) in [5, 5.41) is 49.3. The van der Waals surface area contributed by atoms with E-state index in [0.717, 1.165) is 24.2 Å². The molecule has 234 valence electrons. The first-order valence-electron chi connectivity index (χ1n) is 13.5. The molecule has 0 aliphatic rings. The van der Waals surface area contributed by atoms with Crippen LogP contribution in [0.4, 0.5) is 5.69 Å². The summed E-state index contributed by atoms with van der Waals surface area (Å²) < 4.78 is 0. The molecule has 1 unspecified atom stereocenters. The number of nitrogens with zero attached hydrogens (tertiary/aromatic N) is 3. The van der Waals surface area contributed by atoms with Crippen molar-refractivity contribution in [3.8, 4) is 0 Å². The number of unbranched alkanes of at least 4 members (excludes halogenated alkanes) is 2. The standard InChI is InChI=1S/C27H40N4O11/c1-2-3-4-5-22(32)28-20-8-6-19(7-9-20)12-21(31(17-26(39)40)18-27(41)42)13-29(14-23(33)34)10-11-30(15-24(35)36)16-25(37)38/h6-9,21H,2-5,10-18H2,1H3,(H,28,32)(H,33,34)(H,35,36)(H,37,38)(H,39,40)(H,41,42).